The van der Waals surface area contributed by atoms with E-state index in [0.717, 1.165) is 11.1 Å². The van der Waals surface area contributed by atoms with Crippen molar-refractivity contribution in [3.63, 3.8) is 0 Å². The third-order valence-electron chi connectivity index (χ3n) is 4.34. The number of aryl methyl sites for hydroxylation is 1. The summed E-state index contributed by atoms with van der Waals surface area (Å²) in [5.41, 5.74) is 8.43. The summed E-state index contributed by atoms with van der Waals surface area (Å²) in [7, 11) is 0. The number of halogens is 2. The molecule has 2 aromatic carbocycles. The summed E-state index contributed by atoms with van der Waals surface area (Å²) in [6, 6.07) is 11.3. The van der Waals surface area contributed by atoms with Crippen LogP contribution in [0.2, 0.25) is 0 Å². The van der Waals surface area contributed by atoms with Gasteiger partial charge in [-0.05, 0) is 57.4 Å². The Kier molecular flexibility index (Phi) is 8.61. The van der Waals surface area contributed by atoms with E-state index in [1.807, 2.05) is 45.9 Å². The van der Waals surface area contributed by atoms with Crippen molar-refractivity contribution >= 4 is 18.3 Å². The molecule has 6 heteroatoms. The Morgan fingerprint density at radius 2 is 1.79 bits per heavy atom. The Morgan fingerprint density at radius 3 is 2.39 bits per heavy atom. The SMILES string of the molecule is Cc1ccc(C[C@H](O)[C@H](N)Cc2ccccc2F)c(C(=O)NC(C)(C)C)c1.Cl. The Bertz CT molecular complexity index is 805. The Balaban J connectivity index is 0.00000392. The van der Waals surface area contributed by atoms with Gasteiger partial charge in [0.25, 0.3) is 5.91 Å². The van der Waals surface area contributed by atoms with Crippen molar-refractivity contribution < 1.29 is 14.3 Å². The van der Waals surface area contributed by atoms with E-state index in [1.165, 1.54) is 6.07 Å². The van der Waals surface area contributed by atoms with Gasteiger partial charge in [0, 0.05) is 23.6 Å². The zero-order valence-corrected chi connectivity index (χ0v) is 17.6. The predicted molar refractivity (Wildman–Crippen MR) is 113 cm³/mol. The summed E-state index contributed by atoms with van der Waals surface area (Å²) in [5, 5.41) is 13.5. The van der Waals surface area contributed by atoms with Crippen molar-refractivity contribution in [1.82, 2.24) is 5.32 Å². The van der Waals surface area contributed by atoms with Crippen molar-refractivity contribution in [2.24, 2.45) is 5.73 Å². The van der Waals surface area contributed by atoms with Crippen molar-refractivity contribution in [1.29, 1.82) is 0 Å². The molecule has 0 radical (unpaired) electrons. The van der Waals surface area contributed by atoms with E-state index in [2.05, 4.69) is 5.32 Å². The minimum Gasteiger partial charge on any atom is -0.391 e. The molecule has 2 rings (SSSR count). The number of benzene rings is 2. The van der Waals surface area contributed by atoms with E-state index in [4.69, 9.17) is 5.73 Å². The highest BCUT2D eigenvalue weighted by molar-refractivity contribution is 5.96. The molecule has 0 aromatic heterocycles. The molecule has 4 nitrogen and oxygen atoms in total. The van der Waals surface area contributed by atoms with Gasteiger partial charge < -0.3 is 16.2 Å². The average molecular weight is 409 g/mol. The van der Waals surface area contributed by atoms with Crippen LogP contribution in [0.25, 0.3) is 0 Å². The van der Waals surface area contributed by atoms with E-state index in [1.54, 1.807) is 18.2 Å². The van der Waals surface area contributed by atoms with E-state index >= 15 is 0 Å². The van der Waals surface area contributed by atoms with Gasteiger partial charge in [-0.15, -0.1) is 12.4 Å². The molecule has 0 saturated carbocycles. The molecule has 2 atom stereocenters. The standard InChI is InChI=1S/C22H29FN2O2.ClH/c1-14-9-10-15(17(11-14)21(27)25-22(2,3)4)13-20(26)19(24)12-16-7-5-6-8-18(16)23;/h5-11,19-20,26H,12-13,24H2,1-4H3,(H,25,27);1H/t19-,20+;/m1./s1. The topological polar surface area (TPSA) is 75.3 Å². The first-order valence-electron chi connectivity index (χ1n) is 9.16. The summed E-state index contributed by atoms with van der Waals surface area (Å²) in [6.45, 7) is 7.66. The second-order valence-electron chi connectivity index (χ2n) is 8.10. The molecule has 0 aliphatic carbocycles. The maximum absolute atomic E-state index is 13.8. The fourth-order valence-corrected chi connectivity index (χ4v) is 2.92. The lowest BCUT2D eigenvalue weighted by Gasteiger charge is -2.23. The van der Waals surface area contributed by atoms with Crippen LogP contribution in [0.3, 0.4) is 0 Å². The lowest BCUT2D eigenvalue weighted by molar-refractivity contribution is 0.0916. The highest BCUT2D eigenvalue weighted by Gasteiger charge is 2.22. The second kappa shape index (κ2) is 10.0. The number of aliphatic hydroxyl groups is 1. The molecule has 0 saturated heterocycles. The molecule has 2 aromatic rings. The van der Waals surface area contributed by atoms with E-state index < -0.39 is 12.1 Å². The molecule has 28 heavy (non-hydrogen) atoms. The highest BCUT2D eigenvalue weighted by Crippen LogP contribution is 2.18. The van der Waals surface area contributed by atoms with Crippen molar-refractivity contribution in [3.05, 3.63) is 70.5 Å². The van der Waals surface area contributed by atoms with Gasteiger partial charge >= 0.3 is 0 Å². The Labute approximate surface area is 172 Å². The first-order chi connectivity index (χ1) is 12.6. The number of hydrogen-bond acceptors (Lipinski definition) is 3. The molecular weight excluding hydrogens is 379 g/mol. The third kappa shape index (κ3) is 6.89. The molecule has 0 heterocycles. The Hall–Kier alpha value is -1.95. The zero-order chi connectivity index (χ0) is 20.2. The first-order valence-corrected chi connectivity index (χ1v) is 9.16. The maximum atomic E-state index is 13.8. The van der Waals surface area contributed by atoms with Gasteiger partial charge in [-0.25, -0.2) is 4.39 Å². The molecule has 0 aliphatic rings. The normalized spacial score (nSPS) is 13.4. The second-order valence-corrected chi connectivity index (χ2v) is 8.10. The van der Waals surface area contributed by atoms with E-state index in [9.17, 15) is 14.3 Å². The molecule has 154 valence electrons. The lowest BCUT2D eigenvalue weighted by atomic mass is 9.93. The number of aliphatic hydroxyl groups excluding tert-OH is 1. The van der Waals surface area contributed by atoms with Crippen LogP contribution in [0.5, 0.6) is 0 Å². The summed E-state index contributed by atoms with van der Waals surface area (Å²) in [4.78, 5) is 12.6. The number of carbonyl (C=O) groups excluding carboxylic acids is 1. The van der Waals surface area contributed by atoms with Crippen LogP contribution in [-0.4, -0.2) is 28.7 Å². The quantitative estimate of drug-likeness (QED) is 0.684. The molecule has 0 spiro atoms. The smallest absolute Gasteiger partial charge is 0.251 e. The fraction of sp³-hybridized carbons (Fsp3) is 0.409. The van der Waals surface area contributed by atoms with Crippen molar-refractivity contribution in [3.8, 4) is 0 Å². The van der Waals surface area contributed by atoms with Crippen molar-refractivity contribution in [2.45, 2.75) is 58.2 Å². The van der Waals surface area contributed by atoms with Gasteiger partial charge in [0.05, 0.1) is 6.10 Å². The molecule has 0 aliphatic heterocycles. The molecule has 0 bridgehead atoms. The average Bonchev–Trinajstić information content (AvgIpc) is 2.56. The first kappa shape index (κ1) is 24.1. The van der Waals surface area contributed by atoms with Gasteiger partial charge in [-0.3, -0.25) is 4.79 Å². The Morgan fingerprint density at radius 1 is 1.14 bits per heavy atom. The molecule has 4 N–H and O–H groups in total. The lowest BCUT2D eigenvalue weighted by Crippen LogP contribution is -2.42. The third-order valence-corrected chi connectivity index (χ3v) is 4.34. The van der Waals surface area contributed by atoms with Gasteiger partial charge in [-0.2, -0.15) is 0 Å². The summed E-state index contributed by atoms with van der Waals surface area (Å²) in [6.07, 6.45) is -0.444. The van der Waals surface area contributed by atoms with E-state index in [-0.39, 0.29) is 42.5 Å². The summed E-state index contributed by atoms with van der Waals surface area (Å²) >= 11 is 0. The minimum atomic E-state index is -0.895. The molecule has 1 amide bonds. The molecule has 0 fully saturated rings. The van der Waals surface area contributed by atoms with Crippen LogP contribution in [0, 0.1) is 12.7 Å². The maximum Gasteiger partial charge on any atom is 0.251 e. The number of nitrogens with two attached hydrogens (primary N) is 1. The predicted octanol–water partition coefficient (Wildman–Crippen LogP) is 3.56. The minimum absolute atomic E-state index is 0. The summed E-state index contributed by atoms with van der Waals surface area (Å²) in [5.74, 6) is -0.517. The van der Waals surface area contributed by atoms with Crippen LogP contribution in [0.15, 0.2) is 42.5 Å². The van der Waals surface area contributed by atoms with Gasteiger partial charge in [0.1, 0.15) is 5.82 Å². The van der Waals surface area contributed by atoms with Crippen LogP contribution in [0.1, 0.15) is 47.8 Å². The largest absolute Gasteiger partial charge is 0.391 e. The van der Waals surface area contributed by atoms with Crippen LogP contribution >= 0.6 is 12.4 Å². The fourth-order valence-electron chi connectivity index (χ4n) is 2.92. The number of rotatable bonds is 6. The number of carbonyl (C=O) groups is 1. The van der Waals surface area contributed by atoms with Crippen LogP contribution in [0.4, 0.5) is 4.39 Å². The number of amides is 1. The molecule has 0 unspecified atom stereocenters. The van der Waals surface area contributed by atoms with Gasteiger partial charge in [-0.1, -0.05) is 35.9 Å². The summed E-state index contributed by atoms with van der Waals surface area (Å²) < 4.78 is 13.8. The number of nitrogens with one attached hydrogen (secondary N) is 1. The zero-order valence-electron chi connectivity index (χ0n) is 16.8. The van der Waals surface area contributed by atoms with Crippen LogP contribution < -0.4 is 11.1 Å². The molecular formula is C22H30ClFN2O2. The highest BCUT2D eigenvalue weighted by atomic mass is 35.5. The van der Waals surface area contributed by atoms with Crippen molar-refractivity contribution in [2.75, 3.05) is 0 Å². The van der Waals surface area contributed by atoms with Gasteiger partial charge in [0.2, 0.25) is 0 Å². The number of hydrogen-bond donors (Lipinski definition) is 3. The monoisotopic (exact) mass is 408 g/mol. The van der Waals surface area contributed by atoms with Crippen LogP contribution in [-0.2, 0) is 12.8 Å². The van der Waals surface area contributed by atoms with Gasteiger partial charge in [0.15, 0.2) is 0 Å². The van der Waals surface area contributed by atoms with E-state index in [0.29, 0.717) is 11.1 Å².